The average molecular weight is 240 g/mol. The highest BCUT2D eigenvalue weighted by atomic mass is 16.5. The molecule has 0 aromatic rings. The second kappa shape index (κ2) is 5.83. The first-order chi connectivity index (χ1) is 8.16. The van der Waals surface area contributed by atoms with E-state index in [4.69, 9.17) is 4.74 Å². The highest BCUT2D eigenvalue weighted by molar-refractivity contribution is 5.79. The third kappa shape index (κ3) is 3.42. The van der Waals surface area contributed by atoms with Crippen LogP contribution < -0.4 is 0 Å². The van der Waals surface area contributed by atoms with Gasteiger partial charge in [-0.15, -0.1) is 0 Å². The van der Waals surface area contributed by atoms with Crippen LogP contribution in [0, 0.1) is 5.92 Å². The second-order valence-corrected chi connectivity index (χ2v) is 5.50. The van der Waals surface area contributed by atoms with Crippen LogP contribution in [-0.2, 0) is 9.53 Å². The minimum absolute atomic E-state index is 0.232. The number of carbonyl (C=O) groups excluding carboxylic acids is 1. The molecule has 2 aliphatic rings. The van der Waals surface area contributed by atoms with Crippen LogP contribution in [0.25, 0.3) is 0 Å². The molecule has 1 saturated carbocycles. The summed E-state index contributed by atoms with van der Waals surface area (Å²) in [6, 6.07) is 0. The van der Waals surface area contributed by atoms with Gasteiger partial charge in [0.15, 0.2) is 0 Å². The molecule has 98 valence electrons. The Bertz CT molecular complexity index is 264. The van der Waals surface area contributed by atoms with E-state index >= 15 is 0 Å². The molecule has 1 saturated heterocycles. The summed E-state index contributed by atoms with van der Waals surface area (Å²) in [5.41, 5.74) is 0. The molecule has 0 N–H and O–H groups in total. The number of carbonyl (C=O) groups is 1. The zero-order chi connectivity index (χ0) is 12.3. The minimum Gasteiger partial charge on any atom is -0.374 e. The lowest BCUT2D eigenvalue weighted by Gasteiger charge is -2.37. The standard InChI is InChI=1S/C13H24N2O2/c1-14(2)7-6-12-10-15(8-9-17-12)13(16)11-4-3-5-11/h11-12H,3-10H2,1-2H3/t12-/m0/s1. The zero-order valence-corrected chi connectivity index (χ0v) is 11.0. The van der Waals surface area contributed by atoms with Gasteiger partial charge < -0.3 is 14.5 Å². The van der Waals surface area contributed by atoms with Gasteiger partial charge in [0.1, 0.15) is 0 Å². The van der Waals surface area contributed by atoms with Gasteiger partial charge in [-0.05, 0) is 33.4 Å². The largest absolute Gasteiger partial charge is 0.374 e. The average Bonchev–Trinajstić information content (AvgIpc) is 2.24. The Morgan fingerprint density at radius 1 is 1.41 bits per heavy atom. The van der Waals surface area contributed by atoms with Crippen molar-refractivity contribution in [1.82, 2.24) is 9.80 Å². The van der Waals surface area contributed by atoms with E-state index in [1.807, 2.05) is 4.90 Å². The van der Waals surface area contributed by atoms with E-state index in [9.17, 15) is 4.79 Å². The molecule has 0 spiro atoms. The SMILES string of the molecule is CN(C)CC[C@H]1CN(C(=O)C2CCC2)CCO1. The Morgan fingerprint density at radius 2 is 2.18 bits per heavy atom. The highest BCUT2D eigenvalue weighted by Crippen LogP contribution is 2.28. The number of rotatable bonds is 4. The maximum atomic E-state index is 12.1. The molecule has 2 rings (SSSR count). The van der Waals surface area contributed by atoms with Gasteiger partial charge in [0.2, 0.25) is 5.91 Å². The van der Waals surface area contributed by atoms with Crippen LogP contribution in [0.5, 0.6) is 0 Å². The number of ether oxygens (including phenoxy) is 1. The topological polar surface area (TPSA) is 32.8 Å². The van der Waals surface area contributed by atoms with Crippen molar-refractivity contribution in [2.75, 3.05) is 40.3 Å². The van der Waals surface area contributed by atoms with Crippen molar-refractivity contribution in [3.05, 3.63) is 0 Å². The molecule has 1 aliphatic carbocycles. The van der Waals surface area contributed by atoms with E-state index in [1.54, 1.807) is 0 Å². The first kappa shape index (κ1) is 12.8. The number of morpholine rings is 1. The summed E-state index contributed by atoms with van der Waals surface area (Å²) >= 11 is 0. The van der Waals surface area contributed by atoms with Crippen molar-refractivity contribution >= 4 is 5.91 Å². The lowest BCUT2D eigenvalue weighted by molar-refractivity contribution is -0.146. The second-order valence-electron chi connectivity index (χ2n) is 5.50. The van der Waals surface area contributed by atoms with E-state index in [0.29, 0.717) is 18.4 Å². The van der Waals surface area contributed by atoms with Gasteiger partial charge in [-0.1, -0.05) is 6.42 Å². The van der Waals surface area contributed by atoms with Crippen molar-refractivity contribution in [3.63, 3.8) is 0 Å². The molecule has 1 heterocycles. The molecular formula is C13H24N2O2. The molecule has 4 nitrogen and oxygen atoms in total. The Balaban J connectivity index is 1.77. The molecule has 0 aromatic carbocycles. The Kier molecular flexibility index (Phi) is 4.40. The quantitative estimate of drug-likeness (QED) is 0.734. The molecule has 1 atom stereocenters. The molecule has 0 unspecified atom stereocenters. The zero-order valence-electron chi connectivity index (χ0n) is 11.0. The van der Waals surface area contributed by atoms with Gasteiger partial charge in [-0.2, -0.15) is 0 Å². The van der Waals surface area contributed by atoms with Crippen LogP contribution in [0.3, 0.4) is 0 Å². The summed E-state index contributed by atoms with van der Waals surface area (Å²) in [6.45, 7) is 3.31. The monoisotopic (exact) mass is 240 g/mol. The van der Waals surface area contributed by atoms with E-state index in [1.165, 1.54) is 6.42 Å². The van der Waals surface area contributed by atoms with Crippen molar-refractivity contribution in [2.45, 2.75) is 31.8 Å². The first-order valence-corrected chi connectivity index (χ1v) is 6.72. The van der Waals surface area contributed by atoms with Crippen molar-refractivity contribution in [2.24, 2.45) is 5.92 Å². The summed E-state index contributed by atoms with van der Waals surface area (Å²) < 4.78 is 5.72. The lowest BCUT2D eigenvalue weighted by Crippen LogP contribution is -2.49. The van der Waals surface area contributed by atoms with Crippen molar-refractivity contribution in [1.29, 1.82) is 0 Å². The molecule has 17 heavy (non-hydrogen) atoms. The third-order valence-corrected chi connectivity index (χ3v) is 3.80. The smallest absolute Gasteiger partial charge is 0.225 e. The molecule has 2 fully saturated rings. The molecule has 0 bridgehead atoms. The van der Waals surface area contributed by atoms with Crippen LogP contribution in [0.2, 0.25) is 0 Å². The van der Waals surface area contributed by atoms with Crippen molar-refractivity contribution in [3.8, 4) is 0 Å². The molecule has 0 radical (unpaired) electrons. The molecule has 0 aromatic heterocycles. The fourth-order valence-corrected chi connectivity index (χ4v) is 2.41. The molecule has 1 amide bonds. The Morgan fingerprint density at radius 3 is 2.76 bits per heavy atom. The van der Waals surface area contributed by atoms with E-state index in [0.717, 1.165) is 38.9 Å². The van der Waals surface area contributed by atoms with Crippen molar-refractivity contribution < 1.29 is 9.53 Å². The minimum atomic E-state index is 0.232. The van der Waals surface area contributed by atoms with E-state index in [2.05, 4.69) is 19.0 Å². The molecular weight excluding hydrogens is 216 g/mol. The normalized spacial score (nSPS) is 26.1. The Labute approximate surface area is 104 Å². The van der Waals surface area contributed by atoms with E-state index < -0.39 is 0 Å². The summed E-state index contributed by atoms with van der Waals surface area (Å²) in [6.07, 6.45) is 4.67. The summed E-state index contributed by atoms with van der Waals surface area (Å²) in [4.78, 5) is 16.3. The Hall–Kier alpha value is -0.610. The number of amides is 1. The van der Waals surface area contributed by atoms with Crippen LogP contribution in [0.15, 0.2) is 0 Å². The summed E-state index contributed by atoms with van der Waals surface area (Å²) in [5.74, 6) is 0.692. The van der Waals surface area contributed by atoms with Crippen LogP contribution >= 0.6 is 0 Å². The van der Waals surface area contributed by atoms with Gasteiger partial charge in [-0.3, -0.25) is 4.79 Å². The van der Waals surface area contributed by atoms with Gasteiger partial charge in [-0.25, -0.2) is 0 Å². The van der Waals surface area contributed by atoms with Gasteiger partial charge in [0.25, 0.3) is 0 Å². The number of nitrogens with zero attached hydrogens (tertiary/aromatic N) is 2. The first-order valence-electron chi connectivity index (χ1n) is 6.72. The lowest BCUT2D eigenvalue weighted by atomic mass is 9.84. The predicted molar refractivity (Wildman–Crippen MR) is 66.8 cm³/mol. The summed E-state index contributed by atoms with van der Waals surface area (Å²) in [7, 11) is 4.14. The van der Waals surface area contributed by atoms with Gasteiger partial charge in [0.05, 0.1) is 12.7 Å². The van der Waals surface area contributed by atoms with Crippen LogP contribution in [0.1, 0.15) is 25.7 Å². The summed E-state index contributed by atoms with van der Waals surface area (Å²) in [5, 5.41) is 0. The van der Waals surface area contributed by atoms with Crippen LogP contribution in [0.4, 0.5) is 0 Å². The van der Waals surface area contributed by atoms with Gasteiger partial charge in [0, 0.05) is 25.6 Å². The number of hydrogen-bond donors (Lipinski definition) is 0. The maximum absolute atomic E-state index is 12.1. The molecule has 4 heteroatoms. The highest BCUT2D eigenvalue weighted by Gasteiger charge is 2.32. The third-order valence-electron chi connectivity index (χ3n) is 3.80. The molecule has 1 aliphatic heterocycles. The predicted octanol–water partition coefficient (Wildman–Crippen LogP) is 0.966. The number of hydrogen-bond acceptors (Lipinski definition) is 3. The fraction of sp³-hybridized carbons (Fsp3) is 0.923. The van der Waals surface area contributed by atoms with Gasteiger partial charge >= 0.3 is 0 Å². The van der Waals surface area contributed by atoms with Crippen LogP contribution in [-0.4, -0.2) is 62.1 Å². The maximum Gasteiger partial charge on any atom is 0.225 e. The fourth-order valence-electron chi connectivity index (χ4n) is 2.41. The van der Waals surface area contributed by atoms with E-state index in [-0.39, 0.29) is 6.10 Å².